The number of hydrogen-bond donors (Lipinski definition) is 2. The van der Waals surface area contributed by atoms with E-state index in [1.54, 1.807) is 18.2 Å². The summed E-state index contributed by atoms with van der Waals surface area (Å²) in [5.74, 6) is -0.0159. The number of nitrogens with one attached hydrogen (secondary N) is 2. The van der Waals surface area contributed by atoms with E-state index in [1.807, 2.05) is 0 Å². The van der Waals surface area contributed by atoms with Gasteiger partial charge in [0.05, 0.1) is 23.2 Å². The van der Waals surface area contributed by atoms with E-state index >= 15 is 0 Å². The minimum Gasteiger partial charge on any atom is -0.486 e. The quantitative estimate of drug-likeness (QED) is 0.438. The molecule has 1 aliphatic heterocycles. The topological polar surface area (TPSA) is 132 Å². The van der Waals surface area contributed by atoms with Crippen LogP contribution >= 0.6 is 0 Å². The predicted molar refractivity (Wildman–Crippen MR) is 98.6 cm³/mol. The number of nitro groups is 1. The summed E-state index contributed by atoms with van der Waals surface area (Å²) in [5, 5.41) is 17.0. The zero-order chi connectivity index (χ0) is 19.9. The molecule has 0 aliphatic carbocycles. The number of rotatable bonds is 6. The van der Waals surface area contributed by atoms with Crippen LogP contribution in [0, 0.1) is 10.1 Å². The Balaban J connectivity index is 1.52. The molecule has 0 radical (unpaired) electrons. The van der Waals surface area contributed by atoms with Gasteiger partial charge in [0.2, 0.25) is 0 Å². The van der Waals surface area contributed by atoms with Crippen LogP contribution in [0.1, 0.15) is 15.9 Å². The SMILES string of the molecule is O=C(CNC(=O)c1ccc2c(c1)OCCO2)N/N=C/c1ccccc1[N+](=O)[O-]. The molecule has 2 amide bonds. The fourth-order valence-electron chi connectivity index (χ4n) is 2.42. The van der Waals surface area contributed by atoms with E-state index in [2.05, 4.69) is 15.8 Å². The third-order valence-electron chi connectivity index (χ3n) is 3.74. The molecule has 0 unspecified atom stereocenters. The van der Waals surface area contributed by atoms with Crippen LogP contribution in [0.5, 0.6) is 11.5 Å². The zero-order valence-electron chi connectivity index (χ0n) is 14.6. The lowest BCUT2D eigenvalue weighted by molar-refractivity contribution is -0.385. The zero-order valence-corrected chi connectivity index (χ0v) is 14.6. The average molecular weight is 384 g/mol. The van der Waals surface area contributed by atoms with Crippen molar-refractivity contribution >= 4 is 23.7 Å². The number of carbonyl (C=O) groups is 2. The van der Waals surface area contributed by atoms with Crippen molar-refractivity contribution in [2.24, 2.45) is 5.10 Å². The van der Waals surface area contributed by atoms with E-state index in [9.17, 15) is 19.7 Å². The van der Waals surface area contributed by atoms with Gasteiger partial charge in [-0.05, 0) is 24.3 Å². The number of benzene rings is 2. The molecule has 10 heteroatoms. The Kier molecular flexibility index (Phi) is 5.80. The van der Waals surface area contributed by atoms with Gasteiger partial charge in [-0.1, -0.05) is 12.1 Å². The molecule has 1 aliphatic rings. The Morgan fingerprint density at radius 2 is 1.89 bits per heavy atom. The second kappa shape index (κ2) is 8.62. The molecule has 3 rings (SSSR count). The van der Waals surface area contributed by atoms with Gasteiger partial charge in [0.1, 0.15) is 13.2 Å². The van der Waals surface area contributed by atoms with E-state index in [1.165, 1.54) is 30.5 Å². The molecule has 144 valence electrons. The second-order valence-corrected chi connectivity index (χ2v) is 5.65. The summed E-state index contributed by atoms with van der Waals surface area (Å²) in [7, 11) is 0. The minimum absolute atomic E-state index is 0.132. The Morgan fingerprint density at radius 1 is 1.14 bits per heavy atom. The van der Waals surface area contributed by atoms with Gasteiger partial charge in [-0.2, -0.15) is 5.10 Å². The first-order valence-electron chi connectivity index (χ1n) is 8.28. The number of nitro benzene ring substituents is 1. The highest BCUT2D eigenvalue weighted by Crippen LogP contribution is 2.30. The number of carbonyl (C=O) groups excluding carboxylic acids is 2. The first-order valence-corrected chi connectivity index (χ1v) is 8.28. The lowest BCUT2D eigenvalue weighted by atomic mass is 10.2. The Hall–Kier alpha value is -3.95. The van der Waals surface area contributed by atoms with Crippen LogP contribution in [0.15, 0.2) is 47.6 Å². The number of ether oxygens (including phenoxy) is 2. The Morgan fingerprint density at radius 3 is 2.68 bits per heavy atom. The molecule has 2 N–H and O–H groups in total. The predicted octanol–water partition coefficient (Wildman–Crippen LogP) is 1.25. The molecule has 10 nitrogen and oxygen atoms in total. The summed E-state index contributed by atoms with van der Waals surface area (Å²) >= 11 is 0. The highest BCUT2D eigenvalue weighted by molar-refractivity contribution is 5.97. The molecule has 2 aromatic carbocycles. The van der Waals surface area contributed by atoms with E-state index < -0.39 is 16.7 Å². The van der Waals surface area contributed by atoms with Crippen molar-refractivity contribution in [1.82, 2.24) is 10.7 Å². The molecule has 0 bridgehead atoms. The molecule has 0 saturated carbocycles. The molecule has 0 saturated heterocycles. The van der Waals surface area contributed by atoms with Gasteiger partial charge >= 0.3 is 0 Å². The third kappa shape index (κ3) is 4.61. The van der Waals surface area contributed by atoms with Crippen molar-refractivity contribution in [1.29, 1.82) is 0 Å². The van der Waals surface area contributed by atoms with Crippen molar-refractivity contribution < 1.29 is 24.0 Å². The first-order chi connectivity index (χ1) is 13.5. The van der Waals surface area contributed by atoms with Gasteiger partial charge in [-0.15, -0.1) is 0 Å². The molecule has 28 heavy (non-hydrogen) atoms. The number of para-hydroxylation sites is 1. The van der Waals surface area contributed by atoms with Crippen molar-refractivity contribution in [2.45, 2.75) is 0 Å². The maximum absolute atomic E-state index is 12.1. The molecule has 0 spiro atoms. The van der Waals surface area contributed by atoms with Crippen LogP contribution in [0.3, 0.4) is 0 Å². The van der Waals surface area contributed by atoms with E-state index in [-0.39, 0.29) is 17.8 Å². The highest BCUT2D eigenvalue weighted by Gasteiger charge is 2.15. The first kappa shape index (κ1) is 18.8. The molecular weight excluding hydrogens is 368 g/mol. The lowest BCUT2D eigenvalue weighted by Crippen LogP contribution is -2.35. The maximum Gasteiger partial charge on any atom is 0.278 e. The van der Waals surface area contributed by atoms with Crippen molar-refractivity contribution in [3.63, 3.8) is 0 Å². The van der Waals surface area contributed by atoms with Crippen LogP contribution in [0.4, 0.5) is 5.69 Å². The van der Waals surface area contributed by atoms with Crippen LogP contribution < -0.4 is 20.2 Å². The molecule has 0 fully saturated rings. The Labute approximate surface area is 159 Å². The number of fused-ring (bicyclic) bond motifs is 1. The summed E-state index contributed by atoms with van der Waals surface area (Å²) < 4.78 is 10.8. The maximum atomic E-state index is 12.1. The fourth-order valence-corrected chi connectivity index (χ4v) is 2.42. The number of hydrazone groups is 1. The largest absolute Gasteiger partial charge is 0.486 e. The summed E-state index contributed by atoms with van der Waals surface area (Å²) in [6.07, 6.45) is 1.17. The van der Waals surface area contributed by atoms with Crippen molar-refractivity contribution in [3.8, 4) is 11.5 Å². The summed E-state index contributed by atoms with van der Waals surface area (Å²) in [6.45, 7) is 0.533. The third-order valence-corrected chi connectivity index (χ3v) is 3.74. The molecule has 0 aromatic heterocycles. The fraction of sp³-hybridized carbons (Fsp3) is 0.167. The summed E-state index contributed by atoms with van der Waals surface area (Å²) in [6, 6.07) is 10.7. The van der Waals surface area contributed by atoms with E-state index in [0.717, 1.165) is 0 Å². The summed E-state index contributed by atoms with van der Waals surface area (Å²) in [5.41, 5.74) is 2.63. The van der Waals surface area contributed by atoms with Crippen LogP contribution in [0.2, 0.25) is 0 Å². The molecule has 2 aromatic rings. The van der Waals surface area contributed by atoms with Crippen LogP contribution in [-0.2, 0) is 4.79 Å². The van der Waals surface area contributed by atoms with Crippen molar-refractivity contribution in [2.75, 3.05) is 19.8 Å². The molecular formula is C18H16N4O6. The number of hydrogen-bond acceptors (Lipinski definition) is 7. The van der Waals surface area contributed by atoms with Gasteiger partial charge in [-0.25, -0.2) is 5.43 Å². The van der Waals surface area contributed by atoms with Crippen molar-refractivity contribution in [3.05, 3.63) is 63.7 Å². The van der Waals surface area contributed by atoms with Crippen LogP contribution in [0.25, 0.3) is 0 Å². The standard InChI is InChI=1S/C18H16N4O6/c23-17(21-20-10-13-3-1-2-4-14(13)22(25)26)11-19-18(24)12-5-6-15-16(9-12)28-8-7-27-15/h1-6,9-10H,7-8,11H2,(H,19,24)(H,21,23)/b20-10+. The normalized spacial score (nSPS) is 12.4. The van der Waals surface area contributed by atoms with E-state index in [0.29, 0.717) is 30.3 Å². The van der Waals surface area contributed by atoms with Gasteiger partial charge in [0.15, 0.2) is 11.5 Å². The van der Waals surface area contributed by atoms with Crippen LogP contribution in [-0.4, -0.2) is 42.7 Å². The molecule has 1 heterocycles. The van der Waals surface area contributed by atoms with Gasteiger partial charge < -0.3 is 14.8 Å². The number of nitrogens with zero attached hydrogens (tertiary/aromatic N) is 2. The summed E-state index contributed by atoms with van der Waals surface area (Å²) in [4.78, 5) is 34.3. The average Bonchev–Trinajstić information content (AvgIpc) is 2.72. The molecule has 0 atom stereocenters. The highest BCUT2D eigenvalue weighted by atomic mass is 16.6. The monoisotopic (exact) mass is 384 g/mol. The lowest BCUT2D eigenvalue weighted by Gasteiger charge is -2.18. The minimum atomic E-state index is -0.583. The Bertz CT molecular complexity index is 943. The van der Waals surface area contributed by atoms with Gasteiger partial charge in [-0.3, -0.25) is 19.7 Å². The van der Waals surface area contributed by atoms with Gasteiger partial charge in [0.25, 0.3) is 17.5 Å². The van der Waals surface area contributed by atoms with Gasteiger partial charge in [0, 0.05) is 11.6 Å². The van der Waals surface area contributed by atoms with E-state index in [4.69, 9.17) is 9.47 Å². The second-order valence-electron chi connectivity index (χ2n) is 5.65. The smallest absolute Gasteiger partial charge is 0.278 e. The number of amides is 2.